The van der Waals surface area contributed by atoms with Crippen LogP contribution in [0.4, 0.5) is 11.4 Å². The van der Waals surface area contributed by atoms with Crippen LogP contribution >= 0.6 is 23.4 Å². The van der Waals surface area contributed by atoms with Crippen LogP contribution in [0.3, 0.4) is 0 Å². The molecule has 1 fully saturated rings. The topological polar surface area (TPSA) is 73.3 Å². The van der Waals surface area contributed by atoms with Crippen LogP contribution in [0, 0.1) is 0 Å². The highest BCUT2D eigenvalue weighted by molar-refractivity contribution is 8.19. The Kier molecular flexibility index (Phi) is 6.86. The van der Waals surface area contributed by atoms with Crippen molar-refractivity contribution in [3.05, 3.63) is 76.4 Å². The molecule has 0 unspecified atom stereocenters. The van der Waals surface area contributed by atoms with Crippen LogP contribution in [-0.2, 0) is 4.79 Å². The van der Waals surface area contributed by atoms with Gasteiger partial charge >= 0.3 is 0 Å². The number of benzene rings is 2. The first-order chi connectivity index (χ1) is 16.1. The average Bonchev–Trinajstić information content (AvgIpc) is 3.14. The van der Waals surface area contributed by atoms with Gasteiger partial charge in [-0.1, -0.05) is 29.8 Å². The average molecular weight is 482 g/mol. The molecule has 1 saturated heterocycles. The van der Waals surface area contributed by atoms with E-state index in [-0.39, 0.29) is 5.91 Å². The van der Waals surface area contributed by atoms with E-state index in [1.165, 1.54) is 32.2 Å². The van der Waals surface area contributed by atoms with Gasteiger partial charge in [0, 0.05) is 18.0 Å². The number of thioether (sulfide) groups is 1. The van der Waals surface area contributed by atoms with Crippen LogP contribution in [0.15, 0.2) is 70.8 Å². The van der Waals surface area contributed by atoms with Gasteiger partial charge in [0.1, 0.15) is 0 Å². The van der Waals surface area contributed by atoms with E-state index in [1.54, 1.807) is 36.4 Å². The predicted octanol–water partition coefficient (Wildman–Crippen LogP) is 5.57. The Balaban J connectivity index is 1.82. The number of ether oxygens (including phenoxy) is 3. The van der Waals surface area contributed by atoms with Gasteiger partial charge in [0.05, 0.1) is 42.6 Å². The second kappa shape index (κ2) is 9.97. The maximum Gasteiger partial charge on any atom is 0.271 e. The van der Waals surface area contributed by atoms with Crippen molar-refractivity contribution in [2.24, 2.45) is 4.99 Å². The van der Waals surface area contributed by atoms with E-state index < -0.39 is 0 Å². The molecule has 0 saturated carbocycles. The third kappa shape index (κ3) is 4.53. The molecule has 1 aliphatic heterocycles. The molecule has 0 atom stereocenters. The van der Waals surface area contributed by atoms with Crippen LogP contribution in [0.25, 0.3) is 6.08 Å². The molecular formula is C24H20ClN3O4S. The van der Waals surface area contributed by atoms with E-state index in [4.69, 9.17) is 25.8 Å². The second-order valence-corrected chi connectivity index (χ2v) is 8.15. The van der Waals surface area contributed by atoms with Gasteiger partial charge in [0.2, 0.25) is 5.75 Å². The van der Waals surface area contributed by atoms with E-state index in [0.717, 1.165) is 0 Å². The minimum absolute atomic E-state index is 0.216. The molecule has 2 aromatic carbocycles. The quantitative estimate of drug-likeness (QED) is 0.428. The Morgan fingerprint density at radius 3 is 2.42 bits per heavy atom. The normalized spacial score (nSPS) is 15.9. The molecular weight excluding hydrogens is 462 g/mol. The summed E-state index contributed by atoms with van der Waals surface area (Å²) in [5.41, 5.74) is 1.89. The van der Waals surface area contributed by atoms with Crippen molar-refractivity contribution >= 4 is 51.9 Å². The zero-order valence-electron chi connectivity index (χ0n) is 18.1. The molecule has 1 aromatic heterocycles. The smallest absolute Gasteiger partial charge is 0.271 e. The monoisotopic (exact) mass is 481 g/mol. The highest BCUT2D eigenvalue weighted by atomic mass is 35.5. The molecule has 0 bridgehead atoms. The number of nitrogens with zero attached hydrogens (tertiary/aromatic N) is 3. The summed E-state index contributed by atoms with van der Waals surface area (Å²) in [6, 6.07) is 14.6. The van der Waals surface area contributed by atoms with Crippen molar-refractivity contribution in [1.29, 1.82) is 0 Å². The summed E-state index contributed by atoms with van der Waals surface area (Å²) < 4.78 is 16.4. The summed E-state index contributed by atoms with van der Waals surface area (Å²) in [5.74, 6) is 1.23. The Morgan fingerprint density at radius 2 is 1.76 bits per heavy atom. The maximum atomic E-state index is 13.5. The summed E-state index contributed by atoms with van der Waals surface area (Å²) in [5, 5.41) is 0.870. The van der Waals surface area contributed by atoms with Crippen molar-refractivity contribution in [2.75, 3.05) is 26.2 Å². The van der Waals surface area contributed by atoms with Crippen LogP contribution in [0.1, 0.15) is 5.56 Å². The number of halogens is 1. The number of hydrogen-bond acceptors (Lipinski definition) is 7. The number of methoxy groups -OCH3 is 3. The fraction of sp³-hybridized carbons (Fsp3) is 0.125. The largest absolute Gasteiger partial charge is 0.493 e. The minimum Gasteiger partial charge on any atom is -0.493 e. The Hall–Kier alpha value is -3.49. The number of anilines is 1. The molecule has 3 aromatic rings. The van der Waals surface area contributed by atoms with Crippen LogP contribution in [-0.4, -0.2) is 37.4 Å². The third-order valence-corrected chi connectivity index (χ3v) is 6.07. The molecule has 33 heavy (non-hydrogen) atoms. The summed E-state index contributed by atoms with van der Waals surface area (Å²) in [6.07, 6.45) is 4.87. The summed E-state index contributed by atoms with van der Waals surface area (Å²) in [4.78, 5) is 24.2. The van der Waals surface area contributed by atoms with Crippen molar-refractivity contribution in [3.63, 3.8) is 0 Å². The number of aromatic nitrogens is 1. The van der Waals surface area contributed by atoms with E-state index in [1.807, 2.05) is 36.4 Å². The first-order valence-electron chi connectivity index (χ1n) is 9.83. The molecule has 0 N–H and O–H groups in total. The number of pyridine rings is 1. The summed E-state index contributed by atoms with van der Waals surface area (Å²) in [6.45, 7) is 0. The second-order valence-electron chi connectivity index (χ2n) is 6.73. The zero-order valence-corrected chi connectivity index (χ0v) is 19.7. The van der Waals surface area contributed by atoms with Gasteiger partial charge in [-0.2, -0.15) is 0 Å². The van der Waals surface area contributed by atoms with E-state index in [9.17, 15) is 4.79 Å². The van der Waals surface area contributed by atoms with E-state index in [2.05, 4.69) is 9.98 Å². The molecule has 1 amide bonds. The van der Waals surface area contributed by atoms with Gasteiger partial charge in [-0.15, -0.1) is 0 Å². The minimum atomic E-state index is -0.216. The van der Waals surface area contributed by atoms with Crippen LogP contribution in [0.2, 0.25) is 5.02 Å². The third-order valence-electron chi connectivity index (χ3n) is 4.81. The van der Waals surface area contributed by atoms with Gasteiger partial charge in [0.25, 0.3) is 5.91 Å². The molecule has 4 rings (SSSR count). The Morgan fingerprint density at radius 1 is 1.00 bits per heavy atom. The lowest BCUT2D eigenvalue weighted by molar-refractivity contribution is -0.113. The number of carbonyl (C=O) groups excluding carboxylic acids is 1. The lowest BCUT2D eigenvalue weighted by Gasteiger charge is -2.15. The summed E-state index contributed by atoms with van der Waals surface area (Å²) in [7, 11) is 4.63. The van der Waals surface area contributed by atoms with Crippen molar-refractivity contribution in [2.45, 2.75) is 0 Å². The van der Waals surface area contributed by atoms with E-state index in [0.29, 0.717) is 49.3 Å². The molecule has 168 valence electrons. The van der Waals surface area contributed by atoms with Crippen LogP contribution < -0.4 is 19.1 Å². The number of carbonyl (C=O) groups is 1. The highest BCUT2D eigenvalue weighted by Gasteiger charge is 2.35. The van der Waals surface area contributed by atoms with Gasteiger partial charge in [-0.25, -0.2) is 4.99 Å². The van der Waals surface area contributed by atoms with Crippen molar-refractivity contribution in [3.8, 4) is 17.2 Å². The lowest BCUT2D eigenvalue weighted by Crippen LogP contribution is -2.28. The lowest BCUT2D eigenvalue weighted by atomic mass is 10.1. The molecule has 2 heterocycles. The SMILES string of the molecule is COc1ccc(/C=C2\SC(=Nc3ccncc3Cl)N(c3ccccc3)C2=O)c(OC)c1OC. The van der Waals surface area contributed by atoms with Gasteiger partial charge in [-0.05, 0) is 48.2 Å². The zero-order chi connectivity index (χ0) is 23.4. The highest BCUT2D eigenvalue weighted by Crippen LogP contribution is 2.43. The number of para-hydroxylation sites is 1. The first kappa shape index (κ1) is 22.7. The number of amides is 1. The fourth-order valence-corrected chi connectivity index (χ4v) is 4.44. The molecule has 0 aliphatic carbocycles. The fourth-order valence-electron chi connectivity index (χ4n) is 3.29. The van der Waals surface area contributed by atoms with Crippen molar-refractivity contribution in [1.82, 2.24) is 4.98 Å². The standard InChI is InChI=1S/C24H20ClN3O4S/c1-30-19-10-9-15(21(31-2)22(19)32-3)13-20-23(29)28(16-7-5-4-6-8-16)24(33-20)27-18-11-12-26-14-17(18)25/h4-14H,1-3H3/b20-13-,27-24?. The number of amidine groups is 1. The maximum absolute atomic E-state index is 13.5. The van der Waals surface area contributed by atoms with Gasteiger partial charge in [0.15, 0.2) is 16.7 Å². The molecule has 1 aliphatic rings. The predicted molar refractivity (Wildman–Crippen MR) is 132 cm³/mol. The molecule has 0 radical (unpaired) electrons. The number of rotatable bonds is 6. The first-order valence-corrected chi connectivity index (χ1v) is 11.0. The van der Waals surface area contributed by atoms with Crippen LogP contribution in [0.5, 0.6) is 17.2 Å². The van der Waals surface area contributed by atoms with Crippen molar-refractivity contribution < 1.29 is 19.0 Å². The van der Waals surface area contributed by atoms with E-state index >= 15 is 0 Å². The number of aliphatic imine (C=N–C) groups is 1. The molecule has 7 nitrogen and oxygen atoms in total. The number of hydrogen-bond donors (Lipinski definition) is 0. The van der Waals surface area contributed by atoms with Gasteiger partial charge in [-0.3, -0.25) is 14.7 Å². The Labute approximate surface area is 200 Å². The van der Waals surface area contributed by atoms with Gasteiger partial charge < -0.3 is 14.2 Å². The molecule has 9 heteroatoms. The molecule has 0 spiro atoms. The Bertz CT molecular complexity index is 1250. The summed E-state index contributed by atoms with van der Waals surface area (Å²) >= 11 is 7.50.